The number of fused-ring (bicyclic) bond motifs is 1. The zero-order valence-electron chi connectivity index (χ0n) is 14.3. The number of benzene rings is 1. The Balaban J connectivity index is 1.71. The monoisotopic (exact) mass is 352 g/mol. The van der Waals surface area contributed by atoms with E-state index in [2.05, 4.69) is 17.1 Å². The van der Waals surface area contributed by atoms with E-state index in [9.17, 15) is 4.79 Å². The van der Waals surface area contributed by atoms with Crippen LogP contribution in [-0.4, -0.2) is 43.2 Å². The van der Waals surface area contributed by atoms with Crippen LogP contribution in [0.1, 0.15) is 32.3 Å². The number of carbonyl (C=O) groups excluding carboxylic acids is 1. The van der Waals surface area contributed by atoms with Crippen LogP contribution in [0, 0.1) is 5.92 Å². The van der Waals surface area contributed by atoms with Gasteiger partial charge in [0.05, 0.1) is 13.2 Å². The number of halogens is 1. The molecule has 0 aromatic heterocycles. The molecule has 0 aliphatic carbocycles. The zero-order chi connectivity index (χ0) is 17.1. The lowest BCUT2D eigenvalue weighted by atomic mass is 10.1. The molecule has 0 bridgehead atoms. The molecule has 2 heterocycles. The van der Waals surface area contributed by atoms with Gasteiger partial charge in [-0.2, -0.15) is 0 Å². The lowest BCUT2D eigenvalue weighted by Gasteiger charge is -2.20. The predicted octanol–water partition coefficient (Wildman–Crippen LogP) is 2.85. The van der Waals surface area contributed by atoms with E-state index in [1.807, 2.05) is 19.1 Å². The summed E-state index contributed by atoms with van der Waals surface area (Å²) in [6.45, 7) is 7.83. The Kier molecular flexibility index (Phi) is 5.51. The Morgan fingerprint density at radius 1 is 1.25 bits per heavy atom. The molecule has 0 saturated carbocycles. The first kappa shape index (κ1) is 17.4. The van der Waals surface area contributed by atoms with Gasteiger partial charge in [-0.05, 0) is 25.0 Å². The van der Waals surface area contributed by atoms with Crippen molar-refractivity contribution >= 4 is 17.5 Å². The van der Waals surface area contributed by atoms with Gasteiger partial charge in [0.1, 0.15) is 0 Å². The van der Waals surface area contributed by atoms with Crippen LogP contribution in [0.4, 0.5) is 0 Å². The minimum absolute atomic E-state index is 0.179. The van der Waals surface area contributed by atoms with Crippen molar-refractivity contribution in [2.45, 2.75) is 39.3 Å². The molecule has 2 aliphatic rings. The smallest absolute Gasteiger partial charge is 0.220 e. The largest absolute Gasteiger partial charge is 0.490 e. The fourth-order valence-corrected chi connectivity index (χ4v) is 3.71. The highest BCUT2D eigenvalue weighted by Crippen LogP contribution is 2.35. The van der Waals surface area contributed by atoms with Gasteiger partial charge >= 0.3 is 0 Å². The van der Waals surface area contributed by atoms with Crippen LogP contribution in [0.2, 0.25) is 5.02 Å². The highest BCUT2D eigenvalue weighted by molar-refractivity contribution is 6.31. The maximum absolute atomic E-state index is 11.4. The van der Waals surface area contributed by atoms with Crippen molar-refractivity contribution in [3.63, 3.8) is 0 Å². The van der Waals surface area contributed by atoms with Crippen LogP contribution in [-0.2, 0) is 11.3 Å². The van der Waals surface area contributed by atoms with E-state index in [-0.39, 0.29) is 11.9 Å². The fraction of sp³-hybridized carbons (Fsp3) is 0.611. The van der Waals surface area contributed by atoms with Crippen LogP contribution in [0.25, 0.3) is 0 Å². The third kappa shape index (κ3) is 3.78. The molecule has 0 spiro atoms. The standard InChI is InChI=1S/C18H25ClN2O3/c1-3-5-24-17-8-14(19)12(6-16(17)23-4-2)9-21-10-13-7-18(22)20-15(13)11-21/h6,8,13,15H,3-5,7,9-11H2,1-2H3,(H,20,22)/t13-,15+/m0/s1. The lowest BCUT2D eigenvalue weighted by molar-refractivity contribution is -0.119. The van der Waals surface area contributed by atoms with Gasteiger partial charge in [-0.25, -0.2) is 0 Å². The van der Waals surface area contributed by atoms with Crippen molar-refractivity contribution in [1.29, 1.82) is 0 Å². The number of ether oxygens (including phenoxy) is 2. The summed E-state index contributed by atoms with van der Waals surface area (Å²) in [4.78, 5) is 13.8. The maximum Gasteiger partial charge on any atom is 0.220 e. The van der Waals surface area contributed by atoms with Gasteiger partial charge in [-0.1, -0.05) is 18.5 Å². The SMILES string of the molecule is CCCOc1cc(Cl)c(CN2C[C@@H]3CC(=O)N[C@@H]3C2)cc1OCC. The highest BCUT2D eigenvalue weighted by Gasteiger charge is 2.39. The molecule has 6 heteroatoms. The molecule has 132 valence electrons. The van der Waals surface area contributed by atoms with Crippen molar-refractivity contribution in [3.8, 4) is 11.5 Å². The predicted molar refractivity (Wildman–Crippen MR) is 93.7 cm³/mol. The first-order valence-corrected chi connectivity index (χ1v) is 9.08. The third-order valence-corrected chi connectivity index (χ3v) is 4.93. The molecule has 1 N–H and O–H groups in total. The molecular formula is C18H25ClN2O3. The first-order chi connectivity index (χ1) is 11.6. The number of rotatable bonds is 7. The van der Waals surface area contributed by atoms with E-state index in [1.54, 1.807) is 0 Å². The Hall–Kier alpha value is -1.46. The van der Waals surface area contributed by atoms with Crippen molar-refractivity contribution in [2.75, 3.05) is 26.3 Å². The normalized spacial score (nSPS) is 23.2. The molecule has 24 heavy (non-hydrogen) atoms. The molecule has 1 amide bonds. The second-order valence-electron chi connectivity index (χ2n) is 6.50. The van der Waals surface area contributed by atoms with Crippen molar-refractivity contribution in [1.82, 2.24) is 10.2 Å². The lowest BCUT2D eigenvalue weighted by Crippen LogP contribution is -2.32. The molecule has 1 aromatic rings. The summed E-state index contributed by atoms with van der Waals surface area (Å²) in [6, 6.07) is 4.13. The van der Waals surface area contributed by atoms with Crippen molar-refractivity contribution in [2.24, 2.45) is 5.92 Å². The van der Waals surface area contributed by atoms with Crippen LogP contribution in [0.5, 0.6) is 11.5 Å². The quantitative estimate of drug-likeness (QED) is 0.819. The van der Waals surface area contributed by atoms with E-state index in [0.29, 0.717) is 36.3 Å². The topological polar surface area (TPSA) is 50.8 Å². The van der Waals surface area contributed by atoms with E-state index in [4.69, 9.17) is 21.1 Å². The number of hydrogen-bond donors (Lipinski definition) is 1. The van der Waals surface area contributed by atoms with Gasteiger partial charge in [0.2, 0.25) is 5.91 Å². The molecule has 0 unspecified atom stereocenters. The van der Waals surface area contributed by atoms with Gasteiger partial charge in [0.15, 0.2) is 11.5 Å². The minimum atomic E-state index is 0.179. The Morgan fingerprint density at radius 2 is 2.04 bits per heavy atom. The molecule has 3 rings (SSSR count). The summed E-state index contributed by atoms with van der Waals surface area (Å²) in [6.07, 6.45) is 1.58. The Labute approximate surface area is 148 Å². The fourth-order valence-electron chi connectivity index (χ4n) is 3.50. The highest BCUT2D eigenvalue weighted by atomic mass is 35.5. The summed E-state index contributed by atoms with van der Waals surface area (Å²) in [5, 5.41) is 3.75. The summed E-state index contributed by atoms with van der Waals surface area (Å²) in [7, 11) is 0. The molecule has 1 aromatic carbocycles. The van der Waals surface area contributed by atoms with Gasteiger partial charge in [-0.15, -0.1) is 0 Å². The average Bonchev–Trinajstić information content (AvgIpc) is 3.05. The van der Waals surface area contributed by atoms with Gasteiger partial charge in [0.25, 0.3) is 0 Å². The zero-order valence-corrected chi connectivity index (χ0v) is 15.1. The Bertz CT molecular complexity index is 592. The van der Waals surface area contributed by atoms with E-state index in [1.165, 1.54) is 0 Å². The molecule has 2 atom stereocenters. The molecule has 2 saturated heterocycles. The number of amides is 1. The van der Waals surface area contributed by atoms with Crippen LogP contribution >= 0.6 is 11.6 Å². The third-order valence-electron chi connectivity index (χ3n) is 4.58. The van der Waals surface area contributed by atoms with Crippen LogP contribution in [0.3, 0.4) is 0 Å². The van der Waals surface area contributed by atoms with Crippen LogP contribution < -0.4 is 14.8 Å². The Morgan fingerprint density at radius 3 is 2.75 bits per heavy atom. The second kappa shape index (κ2) is 7.62. The van der Waals surface area contributed by atoms with Gasteiger partial charge < -0.3 is 14.8 Å². The van der Waals surface area contributed by atoms with E-state index < -0.39 is 0 Å². The van der Waals surface area contributed by atoms with Crippen LogP contribution in [0.15, 0.2) is 12.1 Å². The summed E-state index contributed by atoms with van der Waals surface area (Å²) >= 11 is 6.47. The van der Waals surface area contributed by atoms with E-state index >= 15 is 0 Å². The number of hydrogen-bond acceptors (Lipinski definition) is 4. The number of nitrogens with one attached hydrogen (secondary N) is 1. The summed E-state index contributed by atoms with van der Waals surface area (Å²) in [5.74, 6) is 2.06. The molecule has 2 fully saturated rings. The number of nitrogens with zero attached hydrogens (tertiary/aromatic N) is 1. The van der Waals surface area contributed by atoms with Crippen molar-refractivity contribution in [3.05, 3.63) is 22.7 Å². The minimum Gasteiger partial charge on any atom is -0.490 e. The molecule has 0 radical (unpaired) electrons. The number of carbonyl (C=O) groups is 1. The summed E-state index contributed by atoms with van der Waals surface area (Å²) < 4.78 is 11.5. The van der Waals surface area contributed by atoms with Gasteiger partial charge in [-0.3, -0.25) is 9.69 Å². The first-order valence-electron chi connectivity index (χ1n) is 8.70. The van der Waals surface area contributed by atoms with Crippen molar-refractivity contribution < 1.29 is 14.3 Å². The maximum atomic E-state index is 11.4. The average molecular weight is 353 g/mol. The summed E-state index contributed by atoms with van der Waals surface area (Å²) in [5.41, 5.74) is 1.04. The van der Waals surface area contributed by atoms with E-state index in [0.717, 1.165) is 37.4 Å². The molecule has 2 aliphatic heterocycles. The molecular weight excluding hydrogens is 328 g/mol. The second-order valence-corrected chi connectivity index (χ2v) is 6.91. The number of likely N-dealkylation sites (tertiary alicyclic amines) is 1. The molecule has 5 nitrogen and oxygen atoms in total. The van der Waals surface area contributed by atoms with Gasteiger partial charge in [0, 0.05) is 49.1 Å².